The van der Waals surface area contributed by atoms with E-state index in [0.29, 0.717) is 25.0 Å². The Morgan fingerprint density at radius 3 is 2.36 bits per heavy atom. The van der Waals surface area contributed by atoms with Gasteiger partial charge < -0.3 is 4.74 Å². The van der Waals surface area contributed by atoms with Crippen LogP contribution in [-0.2, 0) is 20.7 Å². The maximum Gasteiger partial charge on any atom is 0.305 e. The van der Waals surface area contributed by atoms with Gasteiger partial charge >= 0.3 is 5.97 Å². The lowest BCUT2D eigenvalue weighted by atomic mass is 9.96. The number of aryl methyl sites for hydroxylation is 1. The van der Waals surface area contributed by atoms with Crippen LogP contribution in [0.3, 0.4) is 0 Å². The molecule has 188 valence electrons. The second-order valence-electron chi connectivity index (χ2n) is 8.53. The highest BCUT2D eigenvalue weighted by Gasteiger charge is 2.15. The molecule has 0 spiro atoms. The number of esters is 1. The van der Waals surface area contributed by atoms with Crippen LogP contribution in [0.25, 0.3) is 0 Å². The van der Waals surface area contributed by atoms with Gasteiger partial charge in [0.15, 0.2) is 0 Å². The van der Waals surface area contributed by atoms with Crippen LogP contribution in [-0.4, -0.2) is 24.4 Å². The molecular formula is C29H32N2O4S. The molecule has 0 saturated heterocycles. The summed E-state index contributed by atoms with van der Waals surface area (Å²) in [6.07, 6.45) is 1.29. The van der Waals surface area contributed by atoms with Crippen molar-refractivity contribution in [1.82, 2.24) is 10.9 Å². The first-order valence-electron chi connectivity index (χ1n) is 12.0. The average molecular weight is 505 g/mol. The highest BCUT2D eigenvalue weighted by molar-refractivity contribution is 7.99. The third-order valence-electron chi connectivity index (χ3n) is 5.72. The topological polar surface area (TPSA) is 84.5 Å². The number of hydrogen-bond acceptors (Lipinski definition) is 5. The molecule has 0 aromatic heterocycles. The summed E-state index contributed by atoms with van der Waals surface area (Å²) in [4.78, 5) is 38.6. The predicted molar refractivity (Wildman–Crippen MR) is 142 cm³/mol. The van der Waals surface area contributed by atoms with Crippen molar-refractivity contribution in [3.8, 4) is 0 Å². The molecule has 3 aromatic carbocycles. The van der Waals surface area contributed by atoms with E-state index in [9.17, 15) is 14.4 Å². The van der Waals surface area contributed by atoms with E-state index in [2.05, 4.69) is 29.9 Å². The number of ether oxygens (including phenoxy) is 1. The zero-order chi connectivity index (χ0) is 25.9. The summed E-state index contributed by atoms with van der Waals surface area (Å²) < 4.78 is 5.06. The summed E-state index contributed by atoms with van der Waals surface area (Å²) in [5.41, 5.74) is 8.43. The van der Waals surface area contributed by atoms with E-state index in [1.807, 2.05) is 68.4 Å². The number of carbonyl (C=O) groups is 3. The zero-order valence-electron chi connectivity index (χ0n) is 20.9. The van der Waals surface area contributed by atoms with Crippen molar-refractivity contribution in [3.05, 3.63) is 95.1 Å². The Morgan fingerprint density at radius 1 is 0.917 bits per heavy atom. The van der Waals surface area contributed by atoms with Crippen LogP contribution in [0.15, 0.2) is 82.6 Å². The summed E-state index contributed by atoms with van der Waals surface area (Å²) in [6, 6.07) is 23.0. The summed E-state index contributed by atoms with van der Waals surface area (Å²) >= 11 is 1.64. The molecule has 2 N–H and O–H groups in total. The van der Waals surface area contributed by atoms with Crippen molar-refractivity contribution in [1.29, 1.82) is 0 Å². The first kappa shape index (κ1) is 27.0. The second kappa shape index (κ2) is 13.5. The molecule has 7 heteroatoms. The molecule has 0 heterocycles. The minimum absolute atomic E-state index is 0.171. The molecule has 0 aliphatic rings. The quantitative estimate of drug-likeness (QED) is 0.277. The number of nitrogens with one attached hydrogen (secondary N) is 2. The van der Waals surface area contributed by atoms with Gasteiger partial charge in [0, 0.05) is 21.8 Å². The number of hydrazine groups is 1. The van der Waals surface area contributed by atoms with Gasteiger partial charge in [0.1, 0.15) is 0 Å². The average Bonchev–Trinajstić information content (AvgIpc) is 2.88. The van der Waals surface area contributed by atoms with Gasteiger partial charge in [-0.3, -0.25) is 25.2 Å². The fraction of sp³-hybridized carbons (Fsp3) is 0.276. The molecule has 0 aliphatic carbocycles. The van der Waals surface area contributed by atoms with Gasteiger partial charge in [-0.05, 0) is 67.1 Å². The number of benzene rings is 3. The SMILES string of the molecule is CCOC(=O)CCC(C)c1ccccc1Sc1ccc(C(=O)NNC(=O)Cc2ccccc2)cc1C. The molecule has 3 rings (SSSR count). The van der Waals surface area contributed by atoms with E-state index in [4.69, 9.17) is 4.74 Å². The zero-order valence-corrected chi connectivity index (χ0v) is 21.7. The predicted octanol–water partition coefficient (Wildman–Crippen LogP) is 5.60. The number of carbonyl (C=O) groups excluding carboxylic acids is 3. The van der Waals surface area contributed by atoms with Crippen molar-refractivity contribution in [3.63, 3.8) is 0 Å². The van der Waals surface area contributed by atoms with E-state index in [-0.39, 0.29) is 30.1 Å². The Kier molecular flexibility index (Phi) is 10.1. The molecule has 0 aliphatic heterocycles. The third-order valence-corrected chi connectivity index (χ3v) is 6.99. The summed E-state index contributed by atoms with van der Waals surface area (Å²) in [7, 11) is 0. The largest absolute Gasteiger partial charge is 0.466 e. The van der Waals surface area contributed by atoms with Gasteiger partial charge in [-0.1, -0.05) is 67.2 Å². The van der Waals surface area contributed by atoms with E-state index in [1.54, 1.807) is 17.8 Å². The van der Waals surface area contributed by atoms with Crippen LogP contribution in [0.2, 0.25) is 0 Å². The summed E-state index contributed by atoms with van der Waals surface area (Å²) in [5.74, 6) is -0.630. The molecule has 1 atom stereocenters. The molecular weight excluding hydrogens is 472 g/mol. The van der Waals surface area contributed by atoms with Crippen LogP contribution < -0.4 is 10.9 Å². The van der Waals surface area contributed by atoms with E-state index >= 15 is 0 Å². The molecule has 3 aromatic rings. The fourth-order valence-electron chi connectivity index (χ4n) is 3.75. The molecule has 0 fully saturated rings. The standard InChI is InChI=1S/C29H32N2O4S/c1-4-35-28(33)17-14-20(2)24-12-8-9-13-26(24)36-25-16-15-23(18-21(25)3)29(34)31-30-27(32)19-22-10-6-5-7-11-22/h5-13,15-16,18,20H,4,14,17,19H2,1-3H3,(H,30,32)(H,31,34). The van der Waals surface area contributed by atoms with Crippen LogP contribution in [0.1, 0.15) is 59.7 Å². The third kappa shape index (κ3) is 7.99. The molecule has 36 heavy (non-hydrogen) atoms. The normalized spacial score (nSPS) is 11.4. The molecule has 2 amide bonds. The highest BCUT2D eigenvalue weighted by atomic mass is 32.2. The lowest BCUT2D eigenvalue weighted by molar-refractivity contribution is -0.143. The maximum atomic E-state index is 12.6. The van der Waals surface area contributed by atoms with Gasteiger partial charge in [-0.15, -0.1) is 0 Å². The monoisotopic (exact) mass is 504 g/mol. The summed E-state index contributed by atoms with van der Waals surface area (Å²) in [6.45, 7) is 6.28. The van der Waals surface area contributed by atoms with Gasteiger partial charge in [0.2, 0.25) is 5.91 Å². The lowest BCUT2D eigenvalue weighted by Gasteiger charge is -2.17. The smallest absolute Gasteiger partial charge is 0.305 e. The Bertz CT molecular complexity index is 1200. The van der Waals surface area contributed by atoms with Crippen molar-refractivity contribution in [2.75, 3.05) is 6.61 Å². The lowest BCUT2D eigenvalue weighted by Crippen LogP contribution is -2.42. The van der Waals surface area contributed by atoms with Gasteiger partial charge in [-0.2, -0.15) is 0 Å². The fourth-order valence-corrected chi connectivity index (χ4v) is 4.88. The van der Waals surface area contributed by atoms with E-state index in [0.717, 1.165) is 20.9 Å². The number of hydrogen-bond donors (Lipinski definition) is 2. The molecule has 0 bridgehead atoms. The minimum Gasteiger partial charge on any atom is -0.466 e. The molecule has 1 unspecified atom stereocenters. The number of amides is 2. The number of rotatable bonds is 10. The first-order chi connectivity index (χ1) is 17.4. The van der Waals surface area contributed by atoms with Crippen LogP contribution in [0.5, 0.6) is 0 Å². The molecule has 0 saturated carbocycles. The Balaban J connectivity index is 1.60. The van der Waals surface area contributed by atoms with Crippen LogP contribution in [0.4, 0.5) is 0 Å². The van der Waals surface area contributed by atoms with Gasteiger partial charge in [-0.25, -0.2) is 0 Å². The van der Waals surface area contributed by atoms with Gasteiger partial charge in [0.25, 0.3) is 5.91 Å². The van der Waals surface area contributed by atoms with Gasteiger partial charge in [0.05, 0.1) is 13.0 Å². The van der Waals surface area contributed by atoms with Crippen LogP contribution >= 0.6 is 11.8 Å². The summed E-state index contributed by atoms with van der Waals surface area (Å²) in [5, 5.41) is 0. The Labute approximate surface area is 216 Å². The van der Waals surface area contributed by atoms with E-state index < -0.39 is 0 Å². The van der Waals surface area contributed by atoms with Crippen molar-refractivity contribution in [2.24, 2.45) is 0 Å². The van der Waals surface area contributed by atoms with Crippen molar-refractivity contribution >= 4 is 29.5 Å². The van der Waals surface area contributed by atoms with Crippen LogP contribution in [0, 0.1) is 6.92 Å². The van der Waals surface area contributed by atoms with E-state index in [1.165, 1.54) is 5.56 Å². The maximum absolute atomic E-state index is 12.6. The second-order valence-corrected chi connectivity index (χ2v) is 9.61. The highest BCUT2D eigenvalue weighted by Crippen LogP contribution is 2.37. The first-order valence-corrected chi connectivity index (χ1v) is 12.8. The Morgan fingerprint density at radius 2 is 1.64 bits per heavy atom. The van der Waals surface area contributed by atoms with Crippen molar-refractivity contribution < 1.29 is 19.1 Å². The van der Waals surface area contributed by atoms with Crippen molar-refractivity contribution in [2.45, 2.75) is 55.7 Å². The molecule has 0 radical (unpaired) electrons. The molecule has 6 nitrogen and oxygen atoms in total. The Hall–Kier alpha value is -3.58. The minimum atomic E-state index is -0.371.